The molecule has 1 aliphatic rings. The quantitative estimate of drug-likeness (QED) is 0.582. The van der Waals surface area contributed by atoms with Crippen molar-refractivity contribution in [2.24, 2.45) is 0 Å². The smallest absolute Gasteiger partial charge is 0.328 e. The summed E-state index contributed by atoms with van der Waals surface area (Å²) in [4.78, 5) is 41.3. The third-order valence-corrected chi connectivity index (χ3v) is 5.01. The van der Waals surface area contributed by atoms with Crippen molar-refractivity contribution in [3.8, 4) is 5.75 Å². The van der Waals surface area contributed by atoms with Crippen LogP contribution in [-0.2, 0) is 10.3 Å². The second-order valence-electron chi connectivity index (χ2n) is 6.48. The molecule has 1 aliphatic heterocycles. The number of amides is 3. The third-order valence-electron chi connectivity index (χ3n) is 5.01. The molecule has 2 aromatic rings. The lowest BCUT2D eigenvalue weighted by molar-refractivity contribution is -0.132. The zero-order chi connectivity index (χ0) is 19.6. The van der Waals surface area contributed by atoms with E-state index in [1.54, 1.807) is 68.4 Å². The van der Waals surface area contributed by atoms with Gasteiger partial charge in [0.15, 0.2) is 5.78 Å². The first kappa shape index (κ1) is 18.6. The maximum atomic E-state index is 13.3. The Morgan fingerprint density at radius 3 is 2.30 bits per heavy atom. The molecule has 6 heteroatoms. The minimum atomic E-state index is -1.23. The van der Waals surface area contributed by atoms with Crippen molar-refractivity contribution in [1.82, 2.24) is 9.80 Å². The predicted octanol–water partition coefficient (Wildman–Crippen LogP) is 3.08. The number of benzene rings is 2. The number of likely N-dealkylation sites (N-methyl/N-ethyl adjacent to an activating group) is 1. The number of Topliss-reactive ketones (excluding diaryl/α,β-unsaturated/α-hetero) is 1. The number of ketones is 1. The van der Waals surface area contributed by atoms with Gasteiger partial charge in [0.1, 0.15) is 11.3 Å². The van der Waals surface area contributed by atoms with Crippen LogP contribution >= 0.6 is 0 Å². The fourth-order valence-electron chi connectivity index (χ4n) is 3.56. The highest BCUT2D eigenvalue weighted by atomic mass is 16.5. The van der Waals surface area contributed by atoms with Crippen LogP contribution in [0.25, 0.3) is 0 Å². The number of hydrogen-bond acceptors (Lipinski definition) is 4. The van der Waals surface area contributed by atoms with Crippen LogP contribution in [0.4, 0.5) is 4.79 Å². The Morgan fingerprint density at radius 1 is 1.04 bits per heavy atom. The topological polar surface area (TPSA) is 66.9 Å². The van der Waals surface area contributed by atoms with Gasteiger partial charge in [-0.25, -0.2) is 4.79 Å². The molecule has 27 heavy (non-hydrogen) atoms. The largest absolute Gasteiger partial charge is 0.496 e. The highest BCUT2D eigenvalue weighted by Crippen LogP contribution is 2.41. The average Bonchev–Trinajstić information content (AvgIpc) is 2.89. The fraction of sp³-hybridized carbons (Fsp3) is 0.286. The zero-order valence-corrected chi connectivity index (χ0v) is 15.6. The summed E-state index contributed by atoms with van der Waals surface area (Å²) in [5.41, 5.74) is -0.163. The zero-order valence-electron chi connectivity index (χ0n) is 15.6. The van der Waals surface area contributed by atoms with E-state index in [0.717, 1.165) is 4.90 Å². The lowest BCUT2D eigenvalue weighted by Crippen LogP contribution is -2.44. The van der Waals surface area contributed by atoms with Gasteiger partial charge in [-0.2, -0.15) is 0 Å². The van der Waals surface area contributed by atoms with E-state index < -0.39 is 17.5 Å². The lowest BCUT2D eigenvalue weighted by Gasteiger charge is -2.32. The monoisotopic (exact) mass is 366 g/mol. The molecule has 1 unspecified atom stereocenters. The van der Waals surface area contributed by atoms with Crippen LogP contribution in [-0.4, -0.2) is 47.7 Å². The number of methoxy groups -OCH3 is 1. The number of para-hydroxylation sites is 1. The van der Waals surface area contributed by atoms with Crippen LogP contribution in [0.3, 0.4) is 0 Å². The highest BCUT2D eigenvalue weighted by Gasteiger charge is 2.56. The molecule has 0 aliphatic carbocycles. The van der Waals surface area contributed by atoms with Crippen molar-refractivity contribution >= 4 is 17.7 Å². The van der Waals surface area contributed by atoms with E-state index >= 15 is 0 Å². The number of nitrogens with zero attached hydrogens (tertiary/aromatic N) is 2. The average molecular weight is 366 g/mol. The van der Waals surface area contributed by atoms with Gasteiger partial charge in [-0.05, 0) is 19.9 Å². The van der Waals surface area contributed by atoms with Crippen LogP contribution in [0.1, 0.15) is 29.8 Å². The Labute approximate surface area is 158 Å². The molecule has 0 N–H and O–H groups in total. The first-order chi connectivity index (χ1) is 12.9. The van der Waals surface area contributed by atoms with Gasteiger partial charge in [0.2, 0.25) is 0 Å². The van der Waals surface area contributed by atoms with Crippen LogP contribution in [0.5, 0.6) is 5.75 Å². The summed E-state index contributed by atoms with van der Waals surface area (Å²) in [6.45, 7) is 3.54. The van der Waals surface area contributed by atoms with Crippen molar-refractivity contribution in [3.05, 3.63) is 65.7 Å². The van der Waals surface area contributed by atoms with Crippen LogP contribution < -0.4 is 4.74 Å². The van der Waals surface area contributed by atoms with Crippen molar-refractivity contribution in [2.75, 3.05) is 20.2 Å². The Morgan fingerprint density at radius 2 is 1.67 bits per heavy atom. The summed E-state index contributed by atoms with van der Waals surface area (Å²) in [6.07, 6.45) is 0. The fourth-order valence-corrected chi connectivity index (χ4v) is 3.56. The molecule has 1 atom stereocenters. The molecule has 0 saturated carbocycles. The van der Waals surface area contributed by atoms with E-state index in [0.29, 0.717) is 23.4 Å². The third kappa shape index (κ3) is 2.97. The molecule has 3 amide bonds. The van der Waals surface area contributed by atoms with Gasteiger partial charge in [-0.1, -0.05) is 48.5 Å². The molecular weight excluding hydrogens is 344 g/mol. The highest BCUT2D eigenvalue weighted by molar-refractivity contribution is 6.11. The summed E-state index contributed by atoms with van der Waals surface area (Å²) in [5, 5.41) is 0. The normalized spacial score (nSPS) is 19.5. The van der Waals surface area contributed by atoms with Crippen molar-refractivity contribution in [1.29, 1.82) is 0 Å². The van der Waals surface area contributed by atoms with E-state index in [1.165, 1.54) is 12.0 Å². The Hall–Kier alpha value is -3.15. The molecule has 1 fully saturated rings. The van der Waals surface area contributed by atoms with E-state index in [-0.39, 0.29) is 12.3 Å². The van der Waals surface area contributed by atoms with Crippen LogP contribution in [0.2, 0.25) is 0 Å². The molecule has 3 rings (SSSR count). The minimum absolute atomic E-state index is 0.280. The molecule has 0 aromatic heterocycles. The second kappa shape index (κ2) is 7.23. The van der Waals surface area contributed by atoms with Gasteiger partial charge in [0, 0.05) is 17.7 Å². The van der Waals surface area contributed by atoms with Gasteiger partial charge < -0.3 is 9.64 Å². The van der Waals surface area contributed by atoms with E-state index in [2.05, 4.69) is 0 Å². The SMILES string of the molecule is CCN1C(=O)N(CC(=O)c2ccccc2)C(=O)C1(C)c1ccccc1OC. The van der Waals surface area contributed by atoms with Crippen molar-refractivity contribution in [3.63, 3.8) is 0 Å². The number of urea groups is 1. The standard InChI is InChI=1S/C21H22N2O4/c1-4-23-20(26)22(14-17(24)15-10-6-5-7-11-15)19(25)21(23,2)16-12-8-9-13-18(16)27-3/h5-13H,4,14H2,1-3H3. The summed E-state index contributed by atoms with van der Waals surface area (Å²) >= 11 is 0. The molecule has 2 aromatic carbocycles. The number of imide groups is 1. The summed E-state index contributed by atoms with van der Waals surface area (Å²) in [5.74, 6) is -0.184. The van der Waals surface area contributed by atoms with Crippen molar-refractivity contribution < 1.29 is 19.1 Å². The molecule has 0 spiro atoms. The lowest BCUT2D eigenvalue weighted by atomic mass is 9.89. The molecule has 0 bridgehead atoms. The number of hydrogen-bond donors (Lipinski definition) is 0. The number of carbonyl (C=O) groups excluding carboxylic acids is 3. The van der Waals surface area contributed by atoms with E-state index in [4.69, 9.17) is 4.74 Å². The number of ether oxygens (including phenoxy) is 1. The number of rotatable bonds is 6. The first-order valence-corrected chi connectivity index (χ1v) is 8.80. The molecule has 1 heterocycles. The summed E-state index contributed by atoms with van der Waals surface area (Å²) in [6, 6.07) is 15.3. The second-order valence-corrected chi connectivity index (χ2v) is 6.48. The molecule has 6 nitrogen and oxygen atoms in total. The maximum absolute atomic E-state index is 13.3. The molecule has 1 saturated heterocycles. The van der Waals surface area contributed by atoms with Gasteiger partial charge in [0.05, 0.1) is 13.7 Å². The summed E-state index contributed by atoms with van der Waals surface area (Å²) in [7, 11) is 1.52. The van der Waals surface area contributed by atoms with Gasteiger partial charge in [0.25, 0.3) is 5.91 Å². The molecule has 140 valence electrons. The van der Waals surface area contributed by atoms with Crippen LogP contribution in [0, 0.1) is 0 Å². The van der Waals surface area contributed by atoms with Gasteiger partial charge >= 0.3 is 6.03 Å². The predicted molar refractivity (Wildman–Crippen MR) is 101 cm³/mol. The van der Waals surface area contributed by atoms with Crippen LogP contribution in [0.15, 0.2) is 54.6 Å². The molecular formula is C21H22N2O4. The first-order valence-electron chi connectivity index (χ1n) is 8.80. The Balaban J connectivity index is 1.99. The van der Waals surface area contributed by atoms with Gasteiger partial charge in [-0.3, -0.25) is 14.5 Å². The van der Waals surface area contributed by atoms with E-state index in [9.17, 15) is 14.4 Å². The van der Waals surface area contributed by atoms with E-state index in [1.807, 2.05) is 0 Å². The molecule has 0 radical (unpaired) electrons. The number of carbonyl (C=O) groups is 3. The Kier molecular flexibility index (Phi) is 4.99. The minimum Gasteiger partial charge on any atom is -0.496 e. The van der Waals surface area contributed by atoms with Crippen molar-refractivity contribution in [2.45, 2.75) is 19.4 Å². The Bertz CT molecular complexity index is 881. The summed E-state index contributed by atoms with van der Waals surface area (Å²) < 4.78 is 5.41. The maximum Gasteiger partial charge on any atom is 0.328 e. The van der Waals surface area contributed by atoms with Gasteiger partial charge in [-0.15, -0.1) is 0 Å².